The van der Waals surface area contributed by atoms with Crippen molar-refractivity contribution in [3.63, 3.8) is 0 Å². The standard InChI is InChI=1S/C15H16N3O3P/c1-11-3-8-15(12(2)9-11)21-22(20)18-14-6-4-13(5-7-14)17-16-10-19/h3-10,17H,1-2H3,(H-,16,18,19,20)/p+1. The molecule has 7 heteroatoms. The second-order valence-corrected chi connectivity index (χ2v) is 5.61. The molecule has 1 amide bonds. The monoisotopic (exact) mass is 318 g/mol. The first-order valence-electron chi connectivity index (χ1n) is 6.63. The molecule has 22 heavy (non-hydrogen) atoms. The van der Waals surface area contributed by atoms with E-state index in [9.17, 15) is 9.36 Å². The third-order valence-electron chi connectivity index (χ3n) is 2.89. The van der Waals surface area contributed by atoms with Gasteiger partial charge in [-0.05, 0) is 49.7 Å². The summed E-state index contributed by atoms with van der Waals surface area (Å²) >= 11 is 0. The summed E-state index contributed by atoms with van der Waals surface area (Å²) in [6, 6.07) is 12.6. The van der Waals surface area contributed by atoms with E-state index < -0.39 is 8.18 Å². The largest absolute Gasteiger partial charge is 0.694 e. The zero-order valence-corrected chi connectivity index (χ0v) is 13.2. The van der Waals surface area contributed by atoms with E-state index in [1.807, 2.05) is 26.0 Å². The van der Waals surface area contributed by atoms with E-state index in [1.165, 1.54) is 0 Å². The predicted octanol–water partition coefficient (Wildman–Crippen LogP) is 3.52. The molecular formula is C15H17N3O3P+. The maximum absolute atomic E-state index is 12.0. The topological polar surface area (TPSA) is 79.5 Å². The van der Waals surface area contributed by atoms with Crippen LogP contribution in [-0.2, 0) is 9.36 Å². The summed E-state index contributed by atoms with van der Waals surface area (Å²) in [5.74, 6) is 0.590. The Balaban J connectivity index is 1.95. The SMILES string of the molecule is Cc1ccc(O[P+](=O)Nc2ccc(NNC=O)cc2)c(C)c1. The van der Waals surface area contributed by atoms with Gasteiger partial charge in [-0.3, -0.25) is 15.6 Å². The quantitative estimate of drug-likeness (QED) is 0.413. The molecule has 0 aliphatic carbocycles. The van der Waals surface area contributed by atoms with Crippen molar-refractivity contribution >= 4 is 26.0 Å². The molecule has 6 nitrogen and oxygen atoms in total. The van der Waals surface area contributed by atoms with E-state index in [0.717, 1.165) is 11.1 Å². The Kier molecular flexibility index (Phi) is 5.33. The molecule has 2 rings (SSSR count). The Hall–Kier alpha value is -2.59. The van der Waals surface area contributed by atoms with Crippen molar-refractivity contribution in [2.45, 2.75) is 13.8 Å². The zero-order valence-electron chi connectivity index (χ0n) is 12.3. The summed E-state index contributed by atoms with van der Waals surface area (Å²) in [4.78, 5) is 10.2. The highest BCUT2D eigenvalue weighted by atomic mass is 31.1. The van der Waals surface area contributed by atoms with Crippen LogP contribution in [0.15, 0.2) is 42.5 Å². The minimum Gasteiger partial charge on any atom is -0.299 e. The minimum atomic E-state index is -2.07. The number of rotatable bonds is 7. The molecule has 0 aromatic heterocycles. The van der Waals surface area contributed by atoms with Gasteiger partial charge in [-0.15, -0.1) is 5.09 Å². The Morgan fingerprint density at radius 3 is 2.36 bits per heavy atom. The number of hydrogen-bond donors (Lipinski definition) is 3. The van der Waals surface area contributed by atoms with Gasteiger partial charge in [0.2, 0.25) is 6.41 Å². The molecule has 0 saturated heterocycles. The summed E-state index contributed by atoms with van der Waals surface area (Å²) in [6.07, 6.45) is 0.542. The molecule has 1 atom stereocenters. The zero-order chi connectivity index (χ0) is 15.9. The first-order valence-corrected chi connectivity index (χ1v) is 7.80. The lowest BCUT2D eigenvalue weighted by atomic mass is 10.1. The highest BCUT2D eigenvalue weighted by molar-refractivity contribution is 7.41. The second-order valence-electron chi connectivity index (χ2n) is 4.69. The van der Waals surface area contributed by atoms with Crippen molar-refractivity contribution in [3.8, 4) is 5.75 Å². The van der Waals surface area contributed by atoms with E-state index in [4.69, 9.17) is 4.52 Å². The molecule has 2 aromatic rings. The average Bonchev–Trinajstić information content (AvgIpc) is 2.49. The minimum absolute atomic E-state index is 0.542. The summed E-state index contributed by atoms with van der Waals surface area (Å²) in [5, 5.41) is 2.78. The number of anilines is 2. The summed E-state index contributed by atoms with van der Waals surface area (Å²) in [6.45, 7) is 3.90. The Bertz CT molecular complexity index is 674. The van der Waals surface area contributed by atoms with Crippen LogP contribution < -0.4 is 20.5 Å². The van der Waals surface area contributed by atoms with Crippen LogP contribution in [0.25, 0.3) is 0 Å². The maximum Gasteiger partial charge on any atom is 0.694 e. The number of aryl methyl sites for hydroxylation is 2. The number of amides is 1. The fourth-order valence-electron chi connectivity index (χ4n) is 1.86. The average molecular weight is 318 g/mol. The van der Waals surface area contributed by atoms with Crippen molar-refractivity contribution in [1.82, 2.24) is 5.43 Å². The number of hydrazine groups is 1. The van der Waals surface area contributed by atoms with Crippen LogP contribution in [0.5, 0.6) is 5.75 Å². The van der Waals surface area contributed by atoms with E-state index in [1.54, 1.807) is 30.3 Å². The number of benzene rings is 2. The predicted molar refractivity (Wildman–Crippen MR) is 87.0 cm³/mol. The van der Waals surface area contributed by atoms with E-state index in [0.29, 0.717) is 23.5 Å². The lowest BCUT2D eigenvalue weighted by Crippen LogP contribution is -2.18. The number of hydrogen-bond acceptors (Lipinski definition) is 4. The van der Waals surface area contributed by atoms with Gasteiger partial charge >= 0.3 is 8.18 Å². The van der Waals surface area contributed by atoms with Gasteiger partial charge in [-0.1, -0.05) is 17.7 Å². The van der Waals surface area contributed by atoms with Crippen molar-refractivity contribution in [1.29, 1.82) is 0 Å². The fraction of sp³-hybridized carbons (Fsp3) is 0.133. The Labute approximate surface area is 129 Å². The van der Waals surface area contributed by atoms with Gasteiger partial charge in [-0.2, -0.15) is 0 Å². The Morgan fingerprint density at radius 1 is 1.05 bits per heavy atom. The molecule has 0 fully saturated rings. The summed E-state index contributed by atoms with van der Waals surface area (Å²) < 4.78 is 17.4. The smallest absolute Gasteiger partial charge is 0.299 e. The van der Waals surface area contributed by atoms with Gasteiger partial charge in [-0.25, -0.2) is 4.52 Å². The highest BCUT2D eigenvalue weighted by Gasteiger charge is 2.21. The molecule has 0 aliphatic heterocycles. The number of nitrogens with one attached hydrogen (secondary N) is 3. The van der Waals surface area contributed by atoms with Gasteiger partial charge in [0.15, 0.2) is 5.75 Å². The third-order valence-corrected chi connectivity index (χ3v) is 3.70. The van der Waals surface area contributed by atoms with E-state index in [2.05, 4.69) is 15.9 Å². The van der Waals surface area contributed by atoms with Crippen molar-refractivity contribution in [2.75, 3.05) is 10.5 Å². The van der Waals surface area contributed by atoms with Crippen LogP contribution in [0.3, 0.4) is 0 Å². The van der Waals surface area contributed by atoms with Gasteiger partial charge < -0.3 is 0 Å². The first-order chi connectivity index (χ1) is 10.6. The maximum atomic E-state index is 12.0. The fourth-order valence-corrected chi connectivity index (χ4v) is 2.65. The number of carbonyl (C=O) groups excluding carboxylic acids is 1. The third kappa shape index (κ3) is 4.46. The number of carbonyl (C=O) groups is 1. The molecule has 0 saturated carbocycles. The second kappa shape index (κ2) is 7.43. The van der Waals surface area contributed by atoms with Gasteiger partial charge in [0.1, 0.15) is 0 Å². The van der Waals surface area contributed by atoms with E-state index >= 15 is 0 Å². The van der Waals surface area contributed by atoms with Crippen LogP contribution in [0.2, 0.25) is 0 Å². The molecule has 0 aliphatic rings. The van der Waals surface area contributed by atoms with Gasteiger partial charge in [0.25, 0.3) is 0 Å². The molecule has 2 aromatic carbocycles. The van der Waals surface area contributed by atoms with Crippen molar-refractivity contribution in [2.24, 2.45) is 0 Å². The molecule has 3 N–H and O–H groups in total. The molecule has 114 valence electrons. The lowest BCUT2D eigenvalue weighted by molar-refractivity contribution is -0.109. The molecular weight excluding hydrogens is 301 g/mol. The molecule has 0 radical (unpaired) electrons. The van der Waals surface area contributed by atoms with Crippen molar-refractivity contribution < 1.29 is 13.9 Å². The molecule has 1 unspecified atom stereocenters. The van der Waals surface area contributed by atoms with Crippen LogP contribution >= 0.6 is 8.18 Å². The lowest BCUT2D eigenvalue weighted by Gasteiger charge is -2.04. The van der Waals surface area contributed by atoms with Gasteiger partial charge in [0.05, 0.1) is 11.4 Å². The van der Waals surface area contributed by atoms with Crippen LogP contribution in [0.4, 0.5) is 11.4 Å². The van der Waals surface area contributed by atoms with Crippen LogP contribution in [-0.4, -0.2) is 6.41 Å². The normalized spacial score (nSPS) is 10.5. The van der Waals surface area contributed by atoms with Crippen LogP contribution in [0.1, 0.15) is 11.1 Å². The molecule has 0 heterocycles. The highest BCUT2D eigenvalue weighted by Crippen LogP contribution is 2.31. The molecule has 0 spiro atoms. The van der Waals surface area contributed by atoms with E-state index in [-0.39, 0.29) is 0 Å². The van der Waals surface area contributed by atoms with Crippen molar-refractivity contribution in [3.05, 3.63) is 53.6 Å². The Morgan fingerprint density at radius 2 is 1.73 bits per heavy atom. The van der Waals surface area contributed by atoms with Gasteiger partial charge in [0, 0.05) is 4.57 Å². The summed E-state index contributed by atoms with van der Waals surface area (Å²) in [7, 11) is -2.07. The summed E-state index contributed by atoms with van der Waals surface area (Å²) in [5.41, 5.74) is 8.44. The van der Waals surface area contributed by atoms with Crippen LogP contribution in [0, 0.1) is 13.8 Å². The first kappa shape index (κ1) is 15.8. The molecule has 0 bridgehead atoms.